The van der Waals surface area contributed by atoms with Gasteiger partial charge in [-0.3, -0.25) is 0 Å². The third kappa shape index (κ3) is 6.12. The zero-order chi connectivity index (χ0) is 31.9. The number of furan rings is 1. The van der Waals surface area contributed by atoms with Crippen molar-refractivity contribution in [3.05, 3.63) is 127 Å². The number of hydrogen-bond donors (Lipinski definition) is 0. The summed E-state index contributed by atoms with van der Waals surface area (Å²) in [5, 5.41) is 4.15. The monoisotopic (exact) mass is 791 g/mol. The van der Waals surface area contributed by atoms with E-state index < -0.39 is 20.1 Å². The average Bonchev–Trinajstić information content (AvgIpc) is 3.37. The molecule has 7 aromatic rings. The summed E-state index contributed by atoms with van der Waals surface area (Å²) in [6.45, 7) is -0.682. The van der Waals surface area contributed by atoms with Crippen molar-refractivity contribution < 1.29 is 30.0 Å². The van der Waals surface area contributed by atoms with Crippen LogP contribution in [0.5, 0.6) is 0 Å². The Morgan fingerprint density at radius 1 is 0.786 bits per heavy atom. The SMILES string of the molecule is [2H]c1nc(-c2[c-]ccc3c2oc2cc4ccccc4cc23)cc(C)c1C([2H])([2H])[2H].[CH3][Ge]([CH3])([CH3])[c]1ccc(-c2[c-]cccc2)nc1.[Ir]. The van der Waals surface area contributed by atoms with Crippen LogP contribution in [0.1, 0.15) is 16.6 Å². The van der Waals surface area contributed by atoms with E-state index in [4.69, 9.17) is 9.90 Å². The number of hydrogen-bond acceptors (Lipinski definition) is 3. The zero-order valence-electron chi connectivity index (χ0n) is 27.9. The van der Waals surface area contributed by atoms with Crippen molar-refractivity contribution in [2.24, 2.45) is 0 Å². The topological polar surface area (TPSA) is 38.9 Å². The van der Waals surface area contributed by atoms with Crippen molar-refractivity contribution >= 4 is 50.4 Å². The van der Waals surface area contributed by atoms with Crippen LogP contribution >= 0.6 is 0 Å². The van der Waals surface area contributed by atoms with Gasteiger partial charge in [0.05, 0.1) is 6.95 Å². The number of fused-ring (bicyclic) bond motifs is 4. The summed E-state index contributed by atoms with van der Waals surface area (Å²) in [6, 6.07) is 36.3. The van der Waals surface area contributed by atoms with Crippen molar-refractivity contribution in [1.82, 2.24) is 9.97 Å². The summed E-state index contributed by atoms with van der Waals surface area (Å²) < 4.78 is 38.7. The molecule has 0 fully saturated rings. The molecule has 0 N–H and O–H groups in total. The van der Waals surface area contributed by atoms with Crippen LogP contribution in [-0.2, 0) is 20.1 Å². The number of nitrogens with zero attached hydrogens (tertiary/aromatic N) is 2. The summed E-state index contributed by atoms with van der Waals surface area (Å²) in [5.41, 5.74) is 5.06. The Morgan fingerprint density at radius 2 is 1.57 bits per heavy atom. The van der Waals surface area contributed by atoms with Gasteiger partial charge in [0.2, 0.25) is 0 Å². The molecule has 3 aromatic heterocycles. The predicted molar refractivity (Wildman–Crippen MR) is 174 cm³/mol. The summed E-state index contributed by atoms with van der Waals surface area (Å²) in [6.07, 6.45) is 1.79. The third-order valence-electron chi connectivity index (χ3n) is 7.21. The largest absolute Gasteiger partial charge is 0 e. The maximum Gasteiger partial charge on any atom is 0 e. The second kappa shape index (κ2) is 12.3. The number of rotatable bonds is 3. The molecule has 0 saturated carbocycles. The Bertz CT molecular complexity index is 2130. The van der Waals surface area contributed by atoms with E-state index in [1.807, 2.05) is 60.8 Å². The molecule has 0 atom stereocenters. The number of aromatic nitrogens is 2. The van der Waals surface area contributed by atoms with Crippen molar-refractivity contribution in [2.45, 2.75) is 31.0 Å². The van der Waals surface area contributed by atoms with Gasteiger partial charge in [0, 0.05) is 35.8 Å². The minimum absolute atomic E-state index is 0. The summed E-state index contributed by atoms with van der Waals surface area (Å²) >= 11 is -1.72. The quantitative estimate of drug-likeness (QED) is 0.132. The average molecular weight is 790 g/mol. The van der Waals surface area contributed by atoms with Gasteiger partial charge in [-0.2, -0.15) is 0 Å². The molecule has 4 aromatic carbocycles. The van der Waals surface area contributed by atoms with E-state index in [1.54, 1.807) is 19.1 Å². The molecule has 3 heterocycles. The maximum absolute atomic E-state index is 8.16. The van der Waals surface area contributed by atoms with Crippen LogP contribution in [0.15, 0.2) is 108 Å². The second-order valence-electron chi connectivity index (χ2n) is 11.2. The van der Waals surface area contributed by atoms with E-state index >= 15 is 0 Å². The van der Waals surface area contributed by atoms with Gasteiger partial charge in [0.1, 0.15) is 5.58 Å². The molecular formula is C37H32GeIrN2O-2. The summed E-state index contributed by atoms with van der Waals surface area (Å²) in [7, 11) is 0. The van der Waals surface area contributed by atoms with Gasteiger partial charge < -0.3 is 9.40 Å². The fourth-order valence-corrected chi connectivity index (χ4v) is 6.98. The molecule has 0 unspecified atom stereocenters. The van der Waals surface area contributed by atoms with Gasteiger partial charge in [0.25, 0.3) is 0 Å². The van der Waals surface area contributed by atoms with Gasteiger partial charge in [-0.1, -0.05) is 46.8 Å². The number of aryl methyl sites for hydroxylation is 1. The Morgan fingerprint density at radius 3 is 2.24 bits per heavy atom. The van der Waals surface area contributed by atoms with E-state index in [0.717, 1.165) is 38.4 Å². The Kier molecular flexibility index (Phi) is 7.34. The first-order chi connectivity index (χ1) is 21.4. The summed E-state index contributed by atoms with van der Waals surface area (Å²) in [4.78, 5) is 8.79. The van der Waals surface area contributed by atoms with Crippen molar-refractivity contribution in [1.29, 1.82) is 0 Å². The molecule has 0 bridgehead atoms. The van der Waals surface area contributed by atoms with Crippen LogP contribution in [0.25, 0.3) is 55.2 Å². The van der Waals surface area contributed by atoms with Gasteiger partial charge in [-0.25, -0.2) is 0 Å². The van der Waals surface area contributed by atoms with Crippen LogP contribution in [0.4, 0.5) is 0 Å². The van der Waals surface area contributed by atoms with E-state index in [9.17, 15) is 0 Å². The van der Waals surface area contributed by atoms with Crippen molar-refractivity contribution in [3.8, 4) is 22.5 Å². The fraction of sp³-hybridized carbons (Fsp3) is 0.135. The van der Waals surface area contributed by atoms with Crippen LogP contribution in [-0.4, -0.2) is 23.2 Å². The first-order valence-corrected chi connectivity index (χ1v) is 20.9. The molecule has 1 radical (unpaired) electrons. The maximum atomic E-state index is 8.16. The van der Waals surface area contributed by atoms with Gasteiger partial charge in [-0.05, 0) is 47.9 Å². The van der Waals surface area contributed by atoms with E-state index in [2.05, 4.69) is 63.6 Å². The fourth-order valence-electron chi connectivity index (χ4n) is 4.81. The third-order valence-corrected chi connectivity index (χ3v) is 11.5. The molecule has 0 amide bonds. The van der Waals surface area contributed by atoms with Crippen LogP contribution in [0, 0.1) is 25.9 Å². The number of benzene rings is 4. The first kappa shape index (κ1) is 25.0. The predicted octanol–water partition coefficient (Wildman–Crippen LogP) is 9.31. The minimum atomic E-state index is -2.37. The molecule has 0 spiro atoms. The van der Waals surface area contributed by atoms with Crippen LogP contribution < -0.4 is 4.40 Å². The summed E-state index contributed by atoms with van der Waals surface area (Å²) in [5.74, 6) is 7.14. The van der Waals surface area contributed by atoms with E-state index in [0.29, 0.717) is 22.4 Å². The van der Waals surface area contributed by atoms with Crippen molar-refractivity contribution in [2.75, 3.05) is 0 Å². The van der Waals surface area contributed by atoms with E-state index in [1.165, 1.54) is 4.40 Å². The molecule has 0 aliphatic carbocycles. The minimum Gasteiger partial charge on any atom is 0 e. The first-order valence-electron chi connectivity index (χ1n) is 15.6. The molecule has 0 saturated heterocycles. The van der Waals surface area contributed by atoms with Gasteiger partial charge >= 0.3 is 99.8 Å². The Labute approximate surface area is 269 Å². The molecule has 7 rings (SSSR count). The smallest absolute Gasteiger partial charge is 0 e. The normalized spacial score (nSPS) is 13.0. The van der Waals surface area contributed by atoms with Crippen molar-refractivity contribution in [3.63, 3.8) is 0 Å². The Balaban J connectivity index is 0.000000209. The molecule has 211 valence electrons. The zero-order valence-corrected chi connectivity index (χ0v) is 28.4. The van der Waals surface area contributed by atoms with Gasteiger partial charge in [-0.15, -0.1) is 18.2 Å². The molecular weight excluding hydrogens is 753 g/mol. The van der Waals surface area contributed by atoms with Crippen LogP contribution in [0.3, 0.4) is 0 Å². The van der Waals surface area contributed by atoms with Crippen LogP contribution in [0.2, 0.25) is 17.3 Å². The molecule has 0 aliphatic heterocycles. The molecule has 5 heteroatoms. The molecule has 42 heavy (non-hydrogen) atoms. The van der Waals surface area contributed by atoms with E-state index in [-0.39, 0.29) is 31.8 Å². The number of pyridine rings is 2. The second-order valence-corrected chi connectivity index (χ2v) is 21.8. The standard InChI is InChI=1S/C23H16NO.C14H16GeN.Ir/c1-14-10-21(24-13-15(14)2)19-9-5-8-18-20-11-16-6-3-4-7-17(16)12-22(20)25-23(18)19;1-15(2,3)13-9-10-14(16-11-13)12-7-5-4-6-8-12;/h3-8,10-13H,1-2H3;4-7,9-11H,1-3H3;/q2*-1;/i2D3,13D;;. The molecule has 3 nitrogen and oxygen atoms in total. The Hall–Kier alpha value is -3.57. The molecule has 0 aliphatic rings. The van der Waals surface area contributed by atoms with Gasteiger partial charge in [0.15, 0.2) is 0 Å².